The van der Waals surface area contributed by atoms with Crippen molar-refractivity contribution in [3.63, 3.8) is 0 Å². The molecule has 1 N–H and O–H groups in total. The van der Waals surface area contributed by atoms with Crippen molar-refractivity contribution in [2.75, 3.05) is 20.3 Å². The number of carbonyl (C=O) groups excluding carboxylic acids is 1. The fraction of sp³-hybridized carbons (Fsp3) is 0.310. The molecule has 0 saturated heterocycles. The highest BCUT2D eigenvalue weighted by molar-refractivity contribution is 5.77. The first kappa shape index (κ1) is 24.3. The Hall–Kier alpha value is -3.80. The number of hydrogen-bond donors (Lipinski definition) is 1. The Balaban J connectivity index is 1.27. The number of amides is 1. The summed E-state index contributed by atoms with van der Waals surface area (Å²) in [5.41, 5.74) is 3.30. The standard InChI is InChI=1S/C29H33N3O3/c1-34-26-15-7-8-16-27(26)35-22-10-9-21-32-25-14-6-5-13-24(25)31-28(32)19-20-30-29(33)18-17-23-11-3-2-4-12-23/h2-8,11-16H,9-10,17-22H2,1H3,(H,30,33). The number of para-hydroxylation sites is 4. The molecule has 1 aromatic heterocycles. The highest BCUT2D eigenvalue weighted by Crippen LogP contribution is 2.26. The number of aryl methyl sites for hydroxylation is 2. The van der Waals surface area contributed by atoms with Crippen molar-refractivity contribution in [2.24, 2.45) is 0 Å². The molecular weight excluding hydrogens is 438 g/mol. The molecule has 0 spiro atoms. The molecule has 4 rings (SSSR count). The van der Waals surface area contributed by atoms with E-state index in [1.54, 1.807) is 7.11 Å². The third kappa shape index (κ3) is 6.85. The van der Waals surface area contributed by atoms with Crippen LogP contribution in [0.15, 0.2) is 78.9 Å². The van der Waals surface area contributed by atoms with Crippen LogP contribution >= 0.6 is 0 Å². The SMILES string of the molecule is COc1ccccc1OCCCCn1c(CCNC(=O)CCc2ccccc2)nc2ccccc21. The number of aromatic nitrogens is 2. The molecule has 6 nitrogen and oxygen atoms in total. The van der Waals surface area contributed by atoms with E-state index < -0.39 is 0 Å². The lowest BCUT2D eigenvalue weighted by molar-refractivity contribution is -0.121. The van der Waals surface area contributed by atoms with Crippen LogP contribution in [0, 0.1) is 0 Å². The second kappa shape index (κ2) is 12.6. The summed E-state index contributed by atoms with van der Waals surface area (Å²) in [6, 6.07) is 26.0. The summed E-state index contributed by atoms with van der Waals surface area (Å²) < 4.78 is 13.5. The predicted molar refractivity (Wildman–Crippen MR) is 139 cm³/mol. The summed E-state index contributed by atoms with van der Waals surface area (Å²) in [6.07, 6.45) is 3.82. The van der Waals surface area contributed by atoms with E-state index in [1.807, 2.05) is 60.7 Å². The van der Waals surface area contributed by atoms with Crippen LogP contribution < -0.4 is 14.8 Å². The van der Waals surface area contributed by atoms with Gasteiger partial charge in [-0.15, -0.1) is 0 Å². The average molecular weight is 472 g/mol. The molecule has 1 heterocycles. The third-order valence-electron chi connectivity index (χ3n) is 5.99. The summed E-state index contributed by atoms with van der Waals surface area (Å²) in [5.74, 6) is 2.60. The van der Waals surface area contributed by atoms with Crippen LogP contribution in [0.25, 0.3) is 11.0 Å². The molecule has 1 amide bonds. The van der Waals surface area contributed by atoms with E-state index in [-0.39, 0.29) is 5.91 Å². The summed E-state index contributed by atoms with van der Waals surface area (Å²) in [4.78, 5) is 17.1. The molecule has 0 radical (unpaired) electrons. The van der Waals surface area contributed by atoms with Gasteiger partial charge in [0.25, 0.3) is 0 Å². The lowest BCUT2D eigenvalue weighted by Gasteiger charge is -2.12. The number of nitrogens with zero attached hydrogens (tertiary/aromatic N) is 2. The van der Waals surface area contributed by atoms with E-state index in [9.17, 15) is 4.79 Å². The van der Waals surface area contributed by atoms with E-state index in [0.29, 0.717) is 26.0 Å². The van der Waals surface area contributed by atoms with Gasteiger partial charge in [-0.2, -0.15) is 0 Å². The third-order valence-corrected chi connectivity index (χ3v) is 5.99. The molecule has 0 aliphatic carbocycles. The summed E-state index contributed by atoms with van der Waals surface area (Å²) in [6.45, 7) is 2.06. The fourth-order valence-corrected chi connectivity index (χ4v) is 4.16. The lowest BCUT2D eigenvalue weighted by atomic mass is 10.1. The topological polar surface area (TPSA) is 65.4 Å². The van der Waals surface area contributed by atoms with Gasteiger partial charge in [0.15, 0.2) is 11.5 Å². The van der Waals surface area contributed by atoms with Crippen molar-refractivity contribution < 1.29 is 14.3 Å². The molecule has 0 bridgehead atoms. The molecule has 0 fully saturated rings. The van der Waals surface area contributed by atoms with Crippen LogP contribution in [0.3, 0.4) is 0 Å². The number of rotatable bonds is 13. The zero-order chi connectivity index (χ0) is 24.3. The number of methoxy groups -OCH3 is 1. The minimum Gasteiger partial charge on any atom is -0.493 e. The number of hydrogen-bond acceptors (Lipinski definition) is 4. The number of nitrogens with one attached hydrogen (secondary N) is 1. The van der Waals surface area contributed by atoms with Crippen molar-refractivity contribution >= 4 is 16.9 Å². The van der Waals surface area contributed by atoms with Gasteiger partial charge in [0.2, 0.25) is 5.91 Å². The molecule has 0 atom stereocenters. The normalized spacial score (nSPS) is 10.9. The molecule has 0 unspecified atom stereocenters. The predicted octanol–water partition coefficient (Wildman–Crippen LogP) is 5.20. The number of ether oxygens (including phenoxy) is 2. The number of benzene rings is 3. The first-order chi connectivity index (χ1) is 17.2. The summed E-state index contributed by atoms with van der Waals surface area (Å²) in [7, 11) is 1.65. The number of carbonyl (C=O) groups is 1. The monoisotopic (exact) mass is 471 g/mol. The van der Waals surface area contributed by atoms with Crippen LogP contribution in [-0.4, -0.2) is 35.7 Å². The number of imidazole rings is 1. The zero-order valence-corrected chi connectivity index (χ0v) is 20.3. The largest absolute Gasteiger partial charge is 0.493 e. The molecule has 0 saturated carbocycles. The highest BCUT2D eigenvalue weighted by atomic mass is 16.5. The Morgan fingerprint density at radius 2 is 1.63 bits per heavy atom. The maximum absolute atomic E-state index is 12.3. The number of fused-ring (bicyclic) bond motifs is 1. The van der Waals surface area contributed by atoms with Gasteiger partial charge in [0, 0.05) is 25.9 Å². The second-order valence-corrected chi connectivity index (χ2v) is 8.46. The van der Waals surface area contributed by atoms with E-state index in [2.05, 4.69) is 28.1 Å². The van der Waals surface area contributed by atoms with Crippen molar-refractivity contribution in [3.05, 3.63) is 90.3 Å². The van der Waals surface area contributed by atoms with Gasteiger partial charge in [-0.25, -0.2) is 4.98 Å². The zero-order valence-electron chi connectivity index (χ0n) is 20.3. The molecule has 35 heavy (non-hydrogen) atoms. The lowest BCUT2D eigenvalue weighted by Crippen LogP contribution is -2.26. The molecular formula is C29H33N3O3. The van der Waals surface area contributed by atoms with Crippen LogP contribution in [0.1, 0.15) is 30.7 Å². The first-order valence-electron chi connectivity index (χ1n) is 12.2. The van der Waals surface area contributed by atoms with Gasteiger partial charge in [-0.3, -0.25) is 4.79 Å². The van der Waals surface area contributed by atoms with Crippen LogP contribution in [-0.2, 0) is 24.2 Å². The molecule has 0 aliphatic rings. The van der Waals surface area contributed by atoms with Crippen molar-refractivity contribution in [1.82, 2.24) is 14.9 Å². The number of unbranched alkanes of at least 4 members (excludes halogenated alkanes) is 1. The fourth-order valence-electron chi connectivity index (χ4n) is 4.16. The van der Waals surface area contributed by atoms with E-state index in [0.717, 1.165) is 54.2 Å². The van der Waals surface area contributed by atoms with Gasteiger partial charge in [0.05, 0.1) is 24.8 Å². The second-order valence-electron chi connectivity index (χ2n) is 8.46. The highest BCUT2D eigenvalue weighted by Gasteiger charge is 2.11. The van der Waals surface area contributed by atoms with Crippen molar-refractivity contribution in [3.8, 4) is 11.5 Å². The Bertz CT molecular complexity index is 1220. The maximum atomic E-state index is 12.3. The van der Waals surface area contributed by atoms with Gasteiger partial charge in [0.1, 0.15) is 5.82 Å². The van der Waals surface area contributed by atoms with Crippen molar-refractivity contribution in [1.29, 1.82) is 0 Å². The van der Waals surface area contributed by atoms with Gasteiger partial charge >= 0.3 is 0 Å². The smallest absolute Gasteiger partial charge is 0.220 e. The maximum Gasteiger partial charge on any atom is 0.220 e. The molecule has 0 aliphatic heterocycles. The van der Waals surface area contributed by atoms with Crippen LogP contribution in [0.2, 0.25) is 0 Å². The Morgan fingerprint density at radius 1 is 0.886 bits per heavy atom. The van der Waals surface area contributed by atoms with E-state index >= 15 is 0 Å². The van der Waals surface area contributed by atoms with Gasteiger partial charge in [-0.05, 0) is 49.1 Å². The van der Waals surface area contributed by atoms with Gasteiger partial charge < -0.3 is 19.4 Å². The van der Waals surface area contributed by atoms with E-state index in [4.69, 9.17) is 14.5 Å². The summed E-state index contributed by atoms with van der Waals surface area (Å²) >= 11 is 0. The first-order valence-corrected chi connectivity index (χ1v) is 12.2. The Kier molecular flexibility index (Phi) is 8.76. The minimum atomic E-state index is 0.0741. The molecule has 6 heteroatoms. The Morgan fingerprint density at radius 3 is 2.46 bits per heavy atom. The minimum absolute atomic E-state index is 0.0741. The van der Waals surface area contributed by atoms with E-state index in [1.165, 1.54) is 5.56 Å². The Labute approximate surface area is 206 Å². The van der Waals surface area contributed by atoms with Gasteiger partial charge in [-0.1, -0.05) is 54.6 Å². The van der Waals surface area contributed by atoms with Crippen molar-refractivity contribution in [2.45, 2.75) is 38.6 Å². The molecule has 4 aromatic rings. The molecule has 182 valence electrons. The quantitative estimate of drug-likeness (QED) is 0.272. The van der Waals surface area contributed by atoms with Crippen LogP contribution in [0.5, 0.6) is 11.5 Å². The summed E-state index contributed by atoms with van der Waals surface area (Å²) in [5, 5.41) is 3.05. The molecule has 3 aromatic carbocycles. The van der Waals surface area contributed by atoms with Crippen LogP contribution in [0.4, 0.5) is 0 Å². The average Bonchev–Trinajstić information content (AvgIpc) is 3.25.